The number of nitrogens with zero attached hydrogens (tertiary/aromatic N) is 1. The van der Waals surface area contributed by atoms with Crippen LogP contribution in [0.2, 0.25) is 5.02 Å². The minimum atomic E-state index is -3.64. The van der Waals surface area contributed by atoms with Gasteiger partial charge in [-0.25, -0.2) is 12.8 Å². The number of anilines is 2. The van der Waals surface area contributed by atoms with Crippen LogP contribution in [0.1, 0.15) is 18.4 Å². The number of rotatable bonds is 5. The minimum absolute atomic E-state index is 0.239. The predicted molar refractivity (Wildman–Crippen MR) is 95.5 cm³/mol. The molecule has 0 radical (unpaired) electrons. The van der Waals surface area contributed by atoms with E-state index < -0.39 is 15.8 Å². The molecular weight excluding hydrogens is 351 g/mol. The van der Waals surface area contributed by atoms with Crippen molar-refractivity contribution in [1.29, 1.82) is 0 Å². The molecule has 0 aliphatic carbocycles. The summed E-state index contributed by atoms with van der Waals surface area (Å²) in [6.45, 7) is 1.92. The summed E-state index contributed by atoms with van der Waals surface area (Å²) in [6, 6.07) is 10.7. The molecule has 0 saturated carbocycles. The summed E-state index contributed by atoms with van der Waals surface area (Å²) >= 11 is 6.14. The van der Waals surface area contributed by atoms with Crippen LogP contribution in [0.4, 0.5) is 15.8 Å². The molecule has 1 heterocycles. The van der Waals surface area contributed by atoms with E-state index in [2.05, 4.69) is 9.62 Å². The third kappa shape index (κ3) is 4.19. The Morgan fingerprint density at radius 3 is 2.42 bits per heavy atom. The van der Waals surface area contributed by atoms with E-state index in [0.717, 1.165) is 31.6 Å². The van der Waals surface area contributed by atoms with Gasteiger partial charge in [-0.05, 0) is 48.7 Å². The second kappa shape index (κ2) is 6.99. The van der Waals surface area contributed by atoms with Crippen molar-refractivity contribution in [3.8, 4) is 0 Å². The van der Waals surface area contributed by atoms with E-state index in [4.69, 9.17) is 11.6 Å². The molecule has 3 rings (SSSR count). The van der Waals surface area contributed by atoms with Gasteiger partial charge >= 0.3 is 0 Å². The van der Waals surface area contributed by atoms with Crippen molar-refractivity contribution in [2.24, 2.45) is 0 Å². The van der Waals surface area contributed by atoms with Gasteiger partial charge in [-0.1, -0.05) is 23.7 Å². The summed E-state index contributed by atoms with van der Waals surface area (Å²) in [7, 11) is -3.64. The van der Waals surface area contributed by atoms with Crippen LogP contribution in [-0.2, 0) is 15.8 Å². The standard InChI is InChI=1S/C17H18ClFN2O2S/c18-16-8-7-15(21-9-1-2-10-21)11-17(16)20-24(22,23)12-13-3-5-14(19)6-4-13/h3-8,11,20H,1-2,9-10,12H2. The lowest BCUT2D eigenvalue weighted by Crippen LogP contribution is -2.19. The molecule has 0 atom stereocenters. The Hall–Kier alpha value is -1.79. The van der Waals surface area contributed by atoms with E-state index in [1.54, 1.807) is 12.1 Å². The Labute approximate surface area is 146 Å². The molecule has 0 amide bonds. The van der Waals surface area contributed by atoms with E-state index in [0.29, 0.717) is 16.3 Å². The Bertz CT molecular complexity index is 819. The third-order valence-corrected chi connectivity index (χ3v) is 5.53. The van der Waals surface area contributed by atoms with Gasteiger partial charge in [-0.2, -0.15) is 0 Å². The molecular formula is C17H18ClFN2O2S. The van der Waals surface area contributed by atoms with Gasteiger partial charge in [0.05, 0.1) is 16.5 Å². The normalized spacial score (nSPS) is 14.8. The molecule has 128 valence electrons. The summed E-state index contributed by atoms with van der Waals surface area (Å²) in [5.41, 5.74) is 1.83. The molecule has 4 nitrogen and oxygen atoms in total. The Balaban J connectivity index is 1.78. The number of nitrogens with one attached hydrogen (secondary N) is 1. The lowest BCUT2D eigenvalue weighted by Gasteiger charge is -2.19. The van der Waals surface area contributed by atoms with Crippen LogP contribution in [0, 0.1) is 5.82 Å². The summed E-state index contributed by atoms with van der Waals surface area (Å²) in [5, 5.41) is 0.348. The number of hydrogen-bond donors (Lipinski definition) is 1. The second-order valence-electron chi connectivity index (χ2n) is 5.85. The van der Waals surface area contributed by atoms with Crippen molar-refractivity contribution in [3.05, 3.63) is 58.9 Å². The van der Waals surface area contributed by atoms with E-state index in [-0.39, 0.29) is 5.75 Å². The van der Waals surface area contributed by atoms with Crippen molar-refractivity contribution in [3.63, 3.8) is 0 Å². The fourth-order valence-electron chi connectivity index (χ4n) is 2.77. The lowest BCUT2D eigenvalue weighted by molar-refractivity contribution is 0.600. The topological polar surface area (TPSA) is 49.4 Å². The molecule has 1 aliphatic rings. The van der Waals surface area contributed by atoms with Crippen LogP contribution in [0.15, 0.2) is 42.5 Å². The molecule has 2 aromatic carbocycles. The third-order valence-electron chi connectivity index (χ3n) is 3.96. The first-order valence-corrected chi connectivity index (χ1v) is 9.75. The van der Waals surface area contributed by atoms with Gasteiger partial charge in [0.1, 0.15) is 5.82 Å². The van der Waals surface area contributed by atoms with E-state index in [1.165, 1.54) is 24.3 Å². The first-order chi connectivity index (χ1) is 11.4. The largest absolute Gasteiger partial charge is 0.371 e. The van der Waals surface area contributed by atoms with Crippen LogP contribution in [-0.4, -0.2) is 21.5 Å². The fraction of sp³-hybridized carbons (Fsp3) is 0.294. The van der Waals surface area contributed by atoms with Gasteiger partial charge < -0.3 is 4.90 Å². The SMILES string of the molecule is O=S(=O)(Cc1ccc(F)cc1)Nc1cc(N2CCCC2)ccc1Cl. The van der Waals surface area contributed by atoms with Crippen molar-refractivity contribution in [1.82, 2.24) is 0 Å². The highest BCUT2D eigenvalue weighted by atomic mass is 35.5. The van der Waals surface area contributed by atoms with Crippen molar-refractivity contribution < 1.29 is 12.8 Å². The van der Waals surface area contributed by atoms with Crippen molar-refractivity contribution >= 4 is 33.0 Å². The van der Waals surface area contributed by atoms with E-state index in [1.807, 2.05) is 6.07 Å². The number of halogens is 2. The van der Waals surface area contributed by atoms with Crippen molar-refractivity contribution in [2.45, 2.75) is 18.6 Å². The summed E-state index contributed by atoms with van der Waals surface area (Å²) in [4.78, 5) is 2.20. The van der Waals surface area contributed by atoms with Gasteiger partial charge in [0.25, 0.3) is 0 Å². The smallest absolute Gasteiger partial charge is 0.236 e. The zero-order chi connectivity index (χ0) is 17.2. The van der Waals surface area contributed by atoms with Gasteiger partial charge in [0, 0.05) is 18.8 Å². The van der Waals surface area contributed by atoms with Gasteiger partial charge in [0.15, 0.2) is 0 Å². The summed E-state index contributed by atoms with van der Waals surface area (Å²) in [5.74, 6) is -0.636. The molecule has 0 unspecified atom stereocenters. The first-order valence-electron chi connectivity index (χ1n) is 7.72. The molecule has 0 spiro atoms. The maximum atomic E-state index is 12.9. The maximum absolute atomic E-state index is 12.9. The highest BCUT2D eigenvalue weighted by molar-refractivity contribution is 7.91. The average Bonchev–Trinajstić information content (AvgIpc) is 3.06. The van der Waals surface area contributed by atoms with Crippen LogP contribution in [0.3, 0.4) is 0 Å². The molecule has 2 aromatic rings. The summed E-state index contributed by atoms with van der Waals surface area (Å²) < 4.78 is 40.2. The number of sulfonamides is 1. The molecule has 7 heteroatoms. The highest BCUT2D eigenvalue weighted by Gasteiger charge is 2.17. The molecule has 1 aliphatic heterocycles. The maximum Gasteiger partial charge on any atom is 0.236 e. The minimum Gasteiger partial charge on any atom is -0.371 e. The second-order valence-corrected chi connectivity index (χ2v) is 7.98. The fourth-order valence-corrected chi connectivity index (χ4v) is 4.20. The Kier molecular flexibility index (Phi) is 4.96. The average molecular weight is 369 g/mol. The van der Waals surface area contributed by atoms with Gasteiger partial charge in [-0.3, -0.25) is 4.72 Å². The van der Waals surface area contributed by atoms with Gasteiger partial charge in [0.2, 0.25) is 10.0 Å². The van der Waals surface area contributed by atoms with E-state index >= 15 is 0 Å². The Morgan fingerprint density at radius 2 is 1.75 bits per heavy atom. The highest BCUT2D eigenvalue weighted by Crippen LogP contribution is 2.30. The van der Waals surface area contributed by atoms with Crippen LogP contribution in [0.25, 0.3) is 0 Å². The first kappa shape index (κ1) is 17.0. The Morgan fingerprint density at radius 1 is 1.08 bits per heavy atom. The predicted octanol–water partition coefficient (Wildman–Crippen LogP) is 4.02. The lowest BCUT2D eigenvalue weighted by atomic mass is 10.2. The summed E-state index contributed by atoms with van der Waals surface area (Å²) in [6.07, 6.45) is 2.27. The number of benzene rings is 2. The number of hydrogen-bond acceptors (Lipinski definition) is 3. The zero-order valence-electron chi connectivity index (χ0n) is 13.0. The van der Waals surface area contributed by atoms with Crippen LogP contribution in [0.5, 0.6) is 0 Å². The molecule has 1 fully saturated rings. The molecule has 0 aromatic heterocycles. The molecule has 1 saturated heterocycles. The van der Waals surface area contributed by atoms with Gasteiger partial charge in [-0.15, -0.1) is 0 Å². The van der Waals surface area contributed by atoms with E-state index in [9.17, 15) is 12.8 Å². The van der Waals surface area contributed by atoms with Crippen molar-refractivity contribution in [2.75, 3.05) is 22.7 Å². The quantitative estimate of drug-likeness (QED) is 0.867. The molecule has 24 heavy (non-hydrogen) atoms. The van der Waals surface area contributed by atoms with Crippen LogP contribution >= 0.6 is 11.6 Å². The molecule has 1 N–H and O–H groups in total. The monoisotopic (exact) mass is 368 g/mol. The van der Waals surface area contributed by atoms with Crippen LogP contribution < -0.4 is 9.62 Å². The zero-order valence-corrected chi connectivity index (χ0v) is 14.6. The molecule has 0 bridgehead atoms.